The SMILES string of the molecule is O=C(c1ccccc1C(=O)N1CCN(c2ccc(F)cc2)CC1)N1CCN(c2ccc(F)cc2)CC1. The third-order valence-electron chi connectivity index (χ3n) is 6.91. The van der Waals surface area contributed by atoms with Gasteiger partial charge in [0.15, 0.2) is 0 Å². The lowest BCUT2D eigenvalue weighted by Crippen LogP contribution is -2.50. The number of hydrogen-bond acceptors (Lipinski definition) is 4. The van der Waals surface area contributed by atoms with Gasteiger partial charge in [-0.15, -0.1) is 0 Å². The van der Waals surface area contributed by atoms with Gasteiger partial charge in [0.25, 0.3) is 11.8 Å². The van der Waals surface area contributed by atoms with Gasteiger partial charge in [-0.1, -0.05) is 12.1 Å². The molecule has 2 aliphatic rings. The Morgan fingerprint density at radius 2 is 0.833 bits per heavy atom. The van der Waals surface area contributed by atoms with E-state index in [-0.39, 0.29) is 23.4 Å². The van der Waals surface area contributed by atoms with Gasteiger partial charge in [0.05, 0.1) is 11.1 Å². The van der Waals surface area contributed by atoms with Gasteiger partial charge in [0.2, 0.25) is 0 Å². The molecule has 5 rings (SSSR count). The number of nitrogens with zero attached hydrogens (tertiary/aromatic N) is 4. The summed E-state index contributed by atoms with van der Waals surface area (Å²) in [6, 6.07) is 19.7. The highest BCUT2D eigenvalue weighted by molar-refractivity contribution is 6.07. The molecule has 0 unspecified atom stereocenters. The second kappa shape index (κ2) is 10.4. The van der Waals surface area contributed by atoms with Gasteiger partial charge in [-0.05, 0) is 60.7 Å². The summed E-state index contributed by atoms with van der Waals surface area (Å²) in [5, 5.41) is 0. The third-order valence-corrected chi connectivity index (χ3v) is 6.91. The molecule has 0 N–H and O–H groups in total. The lowest BCUT2D eigenvalue weighted by atomic mass is 10.0. The topological polar surface area (TPSA) is 47.1 Å². The Morgan fingerprint density at radius 3 is 1.17 bits per heavy atom. The second-order valence-electron chi connectivity index (χ2n) is 9.06. The summed E-state index contributed by atoms with van der Waals surface area (Å²) in [7, 11) is 0. The van der Waals surface area contributed by atoms with Crippen LogP contribution in [0.5, 0.6) is 0 Å². The fourth-order valence-corrected chi connectivity index (χ4v) is 4.84. The average Bonchev–Trinajstić information content (AvgIpc) is 2.93. The molecule has 0 radical (unpaired) electrons. The number of anilines is 2. The van der Waals surface area contributed by atoms with E-state index in [1.807, 2.05) is 0 Å². The molecule has 0 spiro atoms. The molecule has 36 heavy (non-hydrogen) atoms. The fraction of sp³-hybridized carbons (Fsp3) is 0.286. The van der Waals surface area contributed by atoms with E-state index in [4.69, 9.17) is 0 Å². The molecule has 0 atom stereocenters. The van der Waals surface area contributed by atoms with Gasteiger partial charge < -0.3 is 19.6 Å². The minimum atomic E-state index is -0.272. The van der Waals surface area contributed by atoms with Crippen molar-refractivity contribution in [1.29, 1.82) is 0 Å². The van der Waals surface area contributed by atoms with Crippen LogP contribution in [0.4, 0.5) is 20.2 Å². The van der Waals surface area contributed by atoms with Crippen LogP contribution < -0.4 is 9.80 Å². The number of benzene rings is 3. The maximum atomic E-state index is 13.4. The zero-order valence-electron chi connectivity index (χ0n) is 19.9. The second-order valence-corrected chi connectivity index (χ2v) is 9.06. The minimum Gasteiger partial charge on any atom is -0.368 e. The van der Waals surface area contributed by atoms with Crippen LogP contribution in [0.1, 0.15) is 20.7 Å². The summed E-state index contributed by atoms with van der Waals surface area (Å²) in [5.41, 5.74) is 2.69. The van der Waals surface area contributed by atoms with Crippen LogP contribution in [0, 0.1) is 11.6 Å². The van der Waals surface area contributed by atoms with E-state index in [1.165, 1.54) is 24.3 Å². The van der Waals surface area contributed by atoms with Crippen molar-refractivity contribution in [3.63, 3.8) is 0 Å². The molecule has 2 fully saturated rings. The largest absolute Gasteiger partial charge is 0.368 e. The normalized spacial score (nSPS) is 16.3. The lowest BCUT2D eigenvalue weighted by molar-refractivity contribution is 0.0707. The molecule has 8 heteroatoms. The van der Waals surface area contributed by atoms with E-state index < -0.39 is 0 Å². The molecule has 0 aliphatic carbocycles. The van der Waals surface area contributed by atoms with Gasteiger partial charge in [-0.2, -0.15) is 0 Å². The summed E-state index contributed by atoms with van der Waals surface area (Å²) < 4.78 is 26.5. The number of halogens is 2. The van der Waals surface area contributed by atoms with E-state index in [0.717, 1.165) is 11.4 Å². The first kappa shape index (κ1) is 23.8. The first-order chi connectivity index (χ1) is 17.5. The lowest BCUT2D eigenvalue weighted by Gasteiger charge is -2.37. The number of hydrogen-bond donors (Lipinski definition) is 0. The Kier molecular flexibility index (Phi) is 6.84. The molecular formula is C28H28F2N4O2. The predicted molar refractivity (Wildman–Crippen MR) is 135 cm³/mol. The van der Waals surface area contributed by atoms with Gasteiger partial charge in [-0.3, -0.25) is 9.59 Å². The highest BCUT2D eigenvalue weighted by Gasteiger charge is 2.29. The fourth-order valence-electron chi connectivity index (χ4n) is 4.84. The van der Waals surface area contributed by atoms with Crippen molar-refractivity contribution in [2.75, 3.05) is 62.2 Å². The van der Waals surface area contributed by atoms with Crippen LogP contribution in [-0.4, -0.2) is 74.0 Å². The number of carbonyl (C=O) groups is 2. The molecule has 2 aliphatic heterocycles. The van der Waals surface area contributed by atoms with Gasteiger partial charge in [0.1, 0.15) is 11.6 Å². The Balaban J connectivity index is 1.22. The Morgan fingerprint density at radius 1 is 0.500 bits per heavy atom. The Hall–Kier alpha value is -3.94. The van der Waals surface area contributed by atoms with Crippen molar-refractivity contribution in [1.82, 2.24) is 9.80 Å². The van der Waals surface area contributed by atoms with Crippen LogP contribution in [0.15, 0.2) is 72.8 Å². The maximum absolute atomic E-state index is 13.4. The molecule has 3 aromatic carbocycles. The van der Waals surface area contributed by atoms with Crippen LogP contribution in [0.2, 0.25) is 0 Å². The maximum Gasteiger partial charge on any atom is 0.254 e. The molecule has 2 amide bonds. The molecular weight excluding hydrogens is 462 g/mol. The van der Waals surface area contributed by atoms with E-state index in [2.05, 4.69) is 9.80 Å². The van der Waals surface area contributed by atoms with Crippen molar-refractivity contribution in [2.45, 2.75) is 0 Å². The van der Waals surface area contributed by atoms with Crippen molar-refractivity contribution >= 4 is 23.2 Å². The molecule has 0 saturated carbocycles. The minimum absolute atomic E-state index is 0.150. The Labute approximate surface area is 209 Å². The molecule has 3 aromatic rings. The zero-order chi connectivity index (χ0) is 25.1. The summed E-state index contributed by atoms with van der Waals surface area (Å²) in [5.74, 6) is -0.846. The van der Waals surface area contributed by atoms with E-state index in [0.29, 0.717) is 63.5 Å². The number of rotatable bonds is 4. The van der Waals surface area contributed by atoms with Crippen LogP contribution in [0.3, 0.4) is 0 Å². The van der Waals surface area contributed by atoms with E-state index >= 15 is 0 Å². The number of piperazine rings is 2. The number of carbonyl (C=O) groups excluding carboxylic acids is 2. The first-order valence-electron chi connectivity index (χ1n) is 12.2. The summed E-state index contributed by atoms with van der Waals surface area (Å²) >= 11 is 0. The standard InChI is InChI=1S/C28H28F2N4O2/c29-21-5-9-23(10-6-21)31-13-17-33(18-14-31)27(35)25-3-1-2-4-26(25)28(36)34-19-15-32(16-20-34)24-11-7-22(30)8-12-24/h1-12H,13-20H2. The molecule has 0 aromatic heterocycles. The Bertz CT molecular complexity index is 1120. The molecule has 2 saturated heterocycles. The molecule has 186 valence electrons. The average molecular weight is 491 g/mol. The van der Waals surface area contributed by atoms with Crippen LogP contribution in [0.25, 0.3) is 0 Å². The van der Waals surface area contributed by atoms with Gasteiger partial charge in [0, 0.05) is 63.7 Å². The van der Waals surface area contributed by atoms with Crippen molar-refractivity contribution < 1.29 is 18.4 Å². The van der Waals surface area contributed by atoms with Crippen molar-refractivity contribution in [3.05, 3.63) is 95.6 Å². The predicted octanol–water partition coefficient (Wildman–Crippen LogP) is 3.89. The smallest absolute Gasteiger partial charge is 0.254 e. The summed E-state index contributed by atoms with van der Waals surface area (Å²) in [4.78, 5) is 34.6. The van der Waals surface area contributed by atoms with Gasteiger partial charge >= 0.3 is 0 Å². The quantitative estimate of drug-likeness (QED) is 0.557. The van der Waals surface area contributed by atoms with Crippen LogP contribution in [-0.2, 0) is 0 Å². The number of amides is 2. The van der Waals surface area contributed by atoms with Crippen LogP contribution >= 0.6 is 0 Å². The first-order valence-corrected chi connectivity index (χ1v) is 12.2. The third kappa shape index (κ3) is 5.03. The molecule has 2 heterocycles. The zero-order valence-corrected chi connectivity index (χ0v) is 19.9. The van der Waals surface area contributed by atoms with Crippen molar-refractivity contribution in [3.8, 4) is 0 Å². The molecule has 0 bridgehead atoms. The monoisotopic (exact) mass is 490 g/mol. The van der Waals surface area contributed by atoms with E-state index in [9.17, 15) is 18.4 Å². The summed E-state index contributed by atoms with van der Waals surface area (Å²) in [6.45, 7) is 4.64. The highest BCUT2D eigenvalue weighted by atomic mass is 19.1. The van der Waals surface area contributed by atoms with Gasteiger partial charge in [-0.25, -0.2) is 8.78 Å². The highest BCUT2D eigenvalue weighted by Crippen LogP contribution is 2.22. The van der Waals surface area contributed by atoms with Crippen molar-refractivity contribution in [2.24, 2.45) is 0 Å². The molecule has 6 nitrogen and oxygen atoms in total. The summed E-state index contributed by atoms with van der Waals surface area (Å²) in [6.07, 6.45) is 0. The van der Waals surface area contributed by atoms with E-state index in [1.54, 1.807) is 58.3 Å².